The van der Waals surface area contributed by atoms with E-state index >= 15 is 0 Å². The molecule has 170 valence electrons. The quantitative estimate of drug-likeness (QED) is 0.604. The summed E-state index contributed by atoms with van der Waals surface area (Å²) in [6.45, 7) is 9.80. The average molecular weight is 448 g/mol. The second-order valence-corrected chi connectivity index (χ2v) is 9.33. The monoisotopic (exact) mass is 447 g/mol. The number of nitrogens with one attached hydrogen (secondary N) is 1. The number of aryl methyl sites for hydroxylation is 1. The molecule has 0 aliphatic heterocycles. The van der Waals surface area contributed by atoms with Crippen LogP contribution < -0.4 is 19.3 Å². The standard InChI is InChI=1S/C23H33N3O4S/c1-7-25(8-2)20-12-10-19(11-13-20)16-24-23(27)18(4)26(31(6,28)29)21-15-17(3)9-14-22(21)30-5/h9-15,18H,7-8,16H2,1-6H3,(H,24,27)/t18-/m0/s1. The normalized spacial score (nSPS) is 12.2. The number of amides is 1. The molecule has 1 amide bonds. The third-order valence-corrected chi connectivity index (χ3v) is 6.42. The maximum Gasteiger partial charge on any atom is 0.243 e. The molecule has 0 fully saturated rings. The van der Waals surface area contributed by atoms with E-state index in [-0.39, 0.29) is 5.91 Å². The number of benzene rings is 2. The fourth-order valence-corrected chi connectivity index (χ4v) is 4.67. The first kappa shape index (κ1) is 24.5. The Kier molecular flexibility index (Phi) is 8.33. The van der Waals surface area contributed by atoms with Crippen molar-refractivity contribution >= 4 is 27.3 Å². The molecule has 7 nitrogen and oxygen atoms in total. The van der Waals surface area contributed by atoms with Crippen molar-refractivity contribution in [1.82, 2.24) is 5.32 Å². The van der Waals surface area contributed by atoms with Gasteiger partial charge in [0.2, 0.25) is 15.9 Å². The molecule has 1 atom stereocenters. The van der Waals surface area contributed by atoms with Crippen LogP contribution in [-0.4, -0.2) is 46.8 Å². The van der Waals surface area contributed by atoms with E-state index in [1.807, 2.05) is 37.3 Å². The Hall–Kier alpha value is -2.74. The molecule has 0 aliphatic rings. The Labute approximate surface area is 186 Å². The number of sulfonamides is 1. The number of carbonyl (C=O) groups excluding carboxylic acids is 1. The van der Waals surface area contributed by atoms with E-state index in [2.05, 4.69) is 24.1 Å². The predicted molar refractivity (Wildman–Crippen MR) is 126 cm³/mol. The van der Waals surface area contributed by atoms with Gasteiger partial charge in [-0.05, 0) is 63.1 Å². The molecule has 0 bridgehead atoms. The summed E-state index contributed by atoms with van der Waals surface area (Å²) >= 11 is 0. The SMILES string of the molecule is CCN(CC)c1ccc(CNC(=O)[C@H](C)N(c2cc(C)ccc2OC)S(C)(=O)=O)cc1. The zero-order valence-corrected chi connectivity index (χ0v) is 20.0. The van der Waals surface area contributed by atoms with Gasteiger partial charge in [0.1, 0.15) is 11.8 Å². The molecular formula is C23H33N3O4S. The molecule has 0 spiro atoms. The van der Waals surface area contributed by atoms with Crippen molar-refractivity contribution < 1.29 is 17.9 Å². The summed E-state index contributed by atoms with van der Waals surface area (Å²) in [6.07, 6.45) is 1.09. The minimum absolute atomic E-state index is 0.310. The largest absolute Gasteiger partial charge is 0.495 e. The van der Waals surface area contributed by atoms with Gasteiger partial charge in [0.15, 0.2) is 0 Å². The first-order valence-electron chi connectivity index (χ1n) is 10.4. The molecule has 0 radical (unpaired) electrons. The van der Waals surface area contributed by atoms with Crippen LogP contribution in [0.2, 0.25) is 0 Å². The van der Waals surface area contributed by atoms with Gasteiger partial charge in [0, 0.05) is 25.3 Å². The van der Waals surface area contributed by atoms with Crippen LogP contribution in [-0.2, 0) is 21.4 Å². The predicted octanol–water partition coefficient (Wildman–Crippen LogP) is 3.32. The van der Waals surface area contributed by atoms with E-state index in [1.54, 1.807) is 19.1 Å². The molecule has 1 N–H and O–H groups in total. The lowest BCUT2D eigenvalue weighted by atomic mass is 10.1. The Morgan fingerprint density at radius 2 is 1.71 bits per heavy atom. The smallest absolute Gasteiger partial charge is 0.243 e. The maximum absolute atomic E-state index is 12.9. The summed E-state index contributed by atoms with van der Waals surface area (Å²) in [4.78, 5) is 15.1. The number of rotatable bonds is 10. The molecule has 31 heavy (non-hydrogen) atoms. The van der Waals surface area contributed by atoms with Crippen LogP contribution in [0.3, 0.4) is 0 Å². The van der Waals surface area contributed by atoms with Crippen LogP contribution in [0.5, 0.6) is 5.75 Å². The second kappa shape index (κ2) is 10.5. The highest BCUT2D eigenvalue weighted by atomic mass is 32.2. The number of hydrogen-bond donors (Lipinski definition) is 1. The summed E-state index contributed by atoms with van der Waals surface area (Å²) in [5, 5.41) is 2.85. The summed E-state index contributed by atoms with van der Waals surface area (Å²) in [5.74, 6) is 0.00414. The molecule has 0 saturated heterocycles. The summed E-state index contributed by atoms with van der Waals surface area (Å²) in [5.41, 5.74) is 3.28. The van der Waals surface area contributed by atoms with Crippen molar-refractivity contribution in [3.8, 4) is 5.75 Å². The molecular weight excluding hydrogens is 414 g/mol. The number of hydrogen-bond acceptors (Lipinski definition) is 5. The fourth-order valence-electron chi connectivity index (χ4n) is 3.50. The maximum atomic E-state index is 12.9. The van der Waals surface area contributed by atoms with Gasteiger partial charge >= 0.3 is 0 Å². The van der Waals surface area contributed by atoms with Gasteiger partial charge in [-0.1, -0.05) is 18.2 Å². The Morgan fingerprint density at radius 3 is 2.23 bits per heavy atom. The number of methoxy groups -OCH3 is 1. The molecule has 2 rings (SSSR count). The van der Waals surface area contributed by atoms with Gasteiger partial charge < -0.3 is 15.0 Å². The molecule has 2 aromatic carbocycles. The summed E-state index contributed by atoms with van der Waals surface area (Å²) < 4.78 is 31.6. The van der Waals surface area contributed by atoms with Gasteiger partial charge in [-0.25, -0.2) is 8.42 Å². The number of anilines is 2. The average Bonchev–Trinajstić information content (AvgIpc) is 2.73. The Morgan fingerprint density at radius 1 is 1.10 bits per heavy atom. The third-order valence-electron chi connectivity index (χ3n) is 5.19. The zero-order chi connectivity index (χ0) is 23.2. The van der Waals surface area contributed by atoms with Crippen molar-refractivity contribution in [2.45, 2.75) is 40.3 Å². The molecule has 0 unspecified atom stereocenters. The minimum Gasteiger partial charge on any atom is -0.495 e. The number of ether oxygens (including phenoxy) is 1. The van der Waals surface area contributed by atoms with Crippen LogP contribution in [0.15, 0.2) is 42.5 Å². The van der Waals surface area contributed by atoms with E-state index in [0.717, 1.165) is 40.5 Å². The van der Waals surface area contributed by atoms with Crippen molar-refractivity contribution in [1.29, 1.82) is 0 Å². The first-order valence-corrected chi connectivity index (χ1v) is 12.2. The molecule has 0 aliphatic carbocycles. The van der Waals surface area contributed by atoms with Crippen LogP contribution in [0.1, 0.15) is 31.9 Å². The van der Waals surface area contributed by atoms with Crippen molar-refractivity contribution in [2.75, 3.05) is 35.7 Å². The van der Waals surface area contributed by atoms with Crippen molar-refractivity contribution in [3.05, 3.63) is 53.6 Å². The molecule has 0 heterocycles. The van der Waals surface area contributed by atoms with Gasteiger partial charge in [-0.2, -0.15) is 0 Å². The third kappa shape index (κ3) is 6.13. The highest BCUT2D eigenvalue weighted by Crippen LogP contribution is 2.32. The minimum atomic E-state index is -3.73. The van der Waals surface area contributed by atoms with E-state index < -0.39 is 16.1 Å². The van der Waals surface area contributed by atoms with Gasteiger partial charge in [0.25, 0.3) is 0 Å². The van der Waals surface area contributed by atoms with E-state index in [0.29, 0.717) is 18.0 Å². The highest BCUT2D eigenvalue weighted by Gasteiger charge is 2.31. The van der Waals surface area contributed by atoms with Gasteiger partial charge in [0.05, 0.1) is 19.1 Å². The lowest BCUT2D eigenvalue weighted by Gasteiger charge is -2.29. The van der Waals surface area contributed by atoms with Crippen LogP contribution in [0.4, 0.5) is 11.4 Å². The lowest BCUT2D eigenvalue weighted by Crippen LogP contribution is -2.47. The van der Waals surface area contributed by atoms with Gasteiger partial charge in [-0.3, -0.25) is 9.10 Å². The number of nitrogens with zero attached hydrogens (tertiary/aromatic N) is 2. The first-order chi connectivity index (χ1) is 14.6. The Bertz CT molecular complexity index is 986. The molecule has 0 saturated carbocycles. The lowest BCUT2D eigenvalue weighted by molar-refractivity contribution is -0.122. The summed E-state index contributed by atoms with van der Waals surface area (Å²) in [7, 11) is -2.26. The van der Waals surface area contributed by atoms with Crippen molar-refractivity contribution in [3.63, 3.8) is 0 Å². The van der Waals surface area contributed by atoms with Crippen LogP contribution >= 0.6 is 0 Å². The summed E-state index contributed by atoms with van der Waals surface area (Å²) in [6, 6.07) is 12.3. The van der Waals surface area contributed by atoms with Crippen molar-refractivity contribution in [2.24, 2.45) is 0 Å². The van der Waals surface area contributed by atoms with Gasteiger partial charge in [-0.15, -0.1) is 0 Å². The fraction of sp³-hybridized carbons (Fsp3) is 0.435. The van der Waals surface area contributed by atoms with E-state index in [9.17, 15) is 13.2 Å². The molecule has 0 aromatic heterocycles. The highest BCUT2D eigenvalue weighted by molar-refractivity contribution is 7.92. The molecule has 8 heteroatoms. The van der Waals surface area contributed by atoms with Crippen LogP contribution in [0, 0.1) is 6.92 Å². The van der Waals surface area contributed by atoms with E-state index in [4.69, 9.17) is 4.74 Å². The van der Waals surface area contributed by atoms with Crippen LogP contribution in [0.25, 0.3) is 0 Å². The zero-order valence-electron chi connectivity index (χ0n) is 19.2. The number of carbonyl (C=O) groups is 1. The molecule has 2 aromatic rings. The van der Waals surface area contributed by atoms with E-state index in [1.165, 1.54) is 7.11 Å². The topological polar surface area (TPSA) is 79.0 Å². The Balaban J connectivity index is 2.19. The second-order valence-electron chi connectivity index (χ2n) is 7.47.